The summed E-state index contributed by atoms with van der Waals surface area (Å²) in [6.07, 6.45) is -13.4. The summed E-state index contributed by atoms with van der Waals surface area (Å²) in [5, 5.41) is 67.0. The molecule has 24 atom stereocenters. The summed E-state index contributed by atoms with van der Waals surface area (Å²) in [5.74, 6) is -2.50. The molecule has 6 N–H and O–H groups in total. The van der Waals surface area contributed by atoms with Gasteiger partial charge in [-0.05, 0) is 96.8 Å². The molecule has 0 unspecified atom stereocenters. The van der Waals surface area contributed by atoms with Crippen LogP contribution in [0.4, 0.5) is 0 Å². The Morgan fingerprint density at radius 2 is 1.33 bits per heavy atom. The monoisotopic (exact) mass is 942 g/mol. The third kappa shape index (κ3) is 8.94. The number of aliphatic hydroxyl groups excluding tert-OH is 5. The fourth-order valence-electron chi connectivity index (χ4n) is 13.3. The van der Waals surface area contributed by atoms with Crippen molar-refractivity contribution >= 4 is 17.7 Å². The van der Waals surface area contributed by atoms with Crippen molar-refractivity contribution in [3.63, 3.8) is 0 Å². The van der Waals surface area contributed by atoms with Gasteiger partial charge >= 0.3 is 11.9 Å². The number of ether oxygens (including phenoxy) is 10. The first-order chi connectivity index (χ1) is 31.1. The summed E-state index contributed by atoms with van der Waals surface area (Å²) < 4.78 is 59.9. The highest BCUT2D eigenvalue weighted by Gasteiger charge is 2.76. The Labute approximate surface area is 386 Å². The molecule has 19 heteroatoms. The van der Waals surface area contributed by atoms with Gasteiger partial charge in [-0.1, -0.05) is 19.9 Å². The number of aliphatic hydroxyl groups is 6. The molecule has 376 valence electrons. The second kappa shape index (κ2) is 19.9. The molecular formula is C47H74O19. The number of rotatable bonds is 12. The SMILES string of the molecule is C/C=C(\C)C(=O)O[C@@H]1[C@@H](OC(C)=O)[C@H]2[C@@H](CC[C@H]3C[C@@H](O[C@H]4C[C@@H](O)[C@H](O[C@@H]5O[C@H](C)[C@@H](O[C@@H]6O[C@H](OC)[C@@H](O)[C@H](O)[C@H]6O)[C@@H](OC)[C@H]5O)[C@@H](C)O4)CC[C@@]32C)[C@@]2(O)CC[C@H](C(C)=O)[C@@]12C. The molecule has 19 nitrogen and oxygen atoms in total. The highest BCUT2D eigenvalue weighted by atomic mass is 16.8. The van der Waals surface area contributed by atoms with E-state index in [0.717, 1.165) is 6.42 Å². The minimum Gasteiger partial charge on any atom is -0.458 e. The predicted octanol–water partition coefficient (Wildman–Crippen LogP) is 1.56. The number of carbonyl (C=O) groups is 3. The molecule has 0 spiro atoms. The van der Waals surface area contributed by atoms with Crippen LogP contribution < -0.4 is 0 Å². The fraction of sp³-hybridized carbons (Fsp3) is 0.894. The van der Waals surface area contributed by atoms with Gasteiger partial charge in [0.05, 0.1) is 30.0 Å². The minimum absolute atomic E-state index is 0.0534. The molecule has 7 aliphatic rings. The van der Waals surface area contributed by atoms with Crippen LogP contribution in [0.5, 0.6) is 0 Å². The van der Waals surface area contributed by atoms with Gasteiger partial charge in [-0.3, -0.25) is 9.59 Å². The van der Waals surface area contributed by atoms with Gasteiger partial charge in [-0.25, -0.2) is 4.79 Å². The van der Waals surface area contributed by atoms with Crippen LogP contribution in [-0.2, 0) is 61.8 Å². The standard InChI is InChI=1S/C47H74O19/c1-11-20(2)41(55)65-40-38(61-24(6)49)31-28(47(56)17-15-27(21(3)48)46(40,47)8)13-12-25-18-26(14-16-45(25,31)7)62-30-19-29(50)36(22(4)59-30)63-44-35(54)39(57-9)37(23(5)60-44)64-43-34(53)32(51)33(52)42(58-10)66-43/h11,22-23,25-40,42-44,50-54,56H,12-19H2,1-10H3/b20-11+/t22-,23-,25+,26+,27-,28-,29-,30+,31-,32+,33+,34-,35-,36-,37-,38+,39+,40-,42+,43-,44+,45+,46+,47+/m1/s1. The van der Waals surface area contributed by atoms with Crippen LogP contribution in [0, 0.1) is 34.5 Å². The van der Waals surface area contributed by atoms with E-state index < -0.39 is 139 Å². The van der Waals surface area contributed by atoms with E-state index in [9.17, 15) is 45.0 Å². The van der Waals surface area contributed by atoms with Crippen LogP contribution in [0.3, 0.4) is 0 Å². The molecule has 7 rings (SSSR count). The molecule has 0 radical (unpaired) electrons. The summed E-state index contributed by atoms with van der Waals surface area (Å²) in [4.78, 5) is 39.8. The molecule has 0 bridgehead atoms. The number of carbonyl (C=O) groups excluding carboxylic acids is 3. The summed E-state index contributed by atoms with van der Waals surface area (Å²) in [7, 11) is 2.61. The van der Waals surface area contributed by atoms with Crippen molar-refractivity contribution in [2.24, 2.45) is 34.5 Å². The van der Waals surface area contributed by atoms with Crippen molar-refractivity contribution in [1.82, 2.24) is 0 Å². The number of hydrogen-bond donors (Lipinski definition) is 6. The first-order valence-corrected chi connectivity index (χ1v) is 23.7. The molecule has 7 fully saturated rings. The average Bonchev–Trinajstić information content (AvgIpc) is 3.55. The van der Waals surface area contributed by atoms with Gasteiger partial charge in [0.1, 0.15) is 60.7 Å². The number of ketones is 1. The second-order valence-corrected chi connectivity index (χ2v) is 20.5. The number of Topliss-reactive ketones (excluding diaryl/α,β-unsaturated/α-hetero) is 1. The van der Waals surface area contributed by atoms with Gasteiger partial charge in [0.15, 0.2) is 25.2 Å². The quantitative estimate of drug-likeness (QED) is 0.0921. The van der Waals surface area contributed by atoms with Gasteiger partial charge in [0, 0.05) is 50.4 Å². The molecule has 0 aromatic carbocycles. The van der Waals surface area contributed by atoms with E-state index in [4.69, 9.17) is 47.4 Å². The number of allylic oxidation sites excluding steroid dienone is 1. The zero-order chi connectivity index (χ0) is 48.4. The summed E-state index contributed by atoms with van der Waals surface area (Å²) in [5.41, 5.74) is -2.68. The van der Waals surface area contributed by atoms with E-state index in [0.29, 0.717) is 44.1 Å². The lowest BCUT2D eigenvalue weighted by Crippen LogP contribution is -2.73. The number of esters is 2. The maximum Gasteiger partial charge on any atom is 0.333 e. The smallest absolute Gasteiger partial charge is 0.333 e. The molecule has 3 aliphatic heterocycles. The van der Waals surface area contributed by atoms with Gasteiger partial charge < -0.3 is 78.0 Å². The third-order valence-electron chi connectivity index (χ3n) is 17.0. The number of fused-ring (bicyclic) bond motifs is 5. The Kier molecular flexibility index (Phi) is 15.6. The highest BCUT2D eigenvalue weighted by Crippen LogP contribution is 2.70. The lowest BCUT2D eigenvalue weighted by molar-refractivity contribution is -0.386. The van der Waals surface area contributed by atoms with Gasteiger partial charge in [0.2, 0.25) is 0 Å². The molecule has 3 saturated heterocycles. The maximum absolute atomic E-state index is 13.6. The molecule has 0 aromatic heterocycles. The second-order valence-electron chi connectivity index (χ2n) is 20.5. The molecule has 0 amide bonds. The van der Waals surface area contributed by atoms with E-state index in [1.807, 2.05) is 6.92 Å². The first-order valence-electron chi connectivity index (χ1n) is 23.7. The zero-order valence-corrected chi connectivity index (χ0v) is 39.8. The predicted molar refractivity (Wildman–Crippen MR) is 227 cm³/mol. The maximum atomic E-state index is 13.6. The van der Waals surface area contributed by atoms with Crippen molar-refractivity contribution in [2.75, 3.05) is 14.2 Å². The van der Waals surface area contributed by atoms with Crippen molar-refractivity contribution in [1.29, 1.82) is 0 Å². The van der Waals surface area contributed by atoms with Crippen molar-refractivity contribution in [2.45, 2.75) is 217 Å². The molecule has 66 heavy (non-hydrogen) atoms. The highest BCUT2D eigenvalue weighted by molar-refractivity contribution is 5.88. The molecular weight excluding hydrogens is 868 g/mol. The molecule has 4 saturated carbocycles. The van der Waals surface area contributed by atoms with E-state index in [-0.39, 0.29) is 30.1 Å². The molecule has 0 aromatic rings. The van der Waals surface area contributed by atoms with Crippen LogP contribution in [0.15, 0.2) is 11.6 Å². The van der Waals surface area contributed by atoms with Crippen molar-refractivity contribution < 1.29 is 92.4 Å². The Balaban J connectivity index is 1.01. The molecule has 3 heterocycles. The largest absolute Gasteiger partial charge is 0.458 e. The summed E-state index contributed by atoms with van der Waals surface area (Å²) >= 11 is 0. The van der Waals surface area contributed by atoms with Gasteiger partial charge in [-0.15, -0.1) is 0 Å². The zero-order valence-electron chi connectivity index (χ0n) is 39.8. The van der Waals surface area contributed by atoms with E-state index in [2.05, 4.69) is 6.92 Å². The van der Waals surface area contributed by atoms with Crippen LogP contribution >= 0.6 is 0 Å². The summed E-state index contributed by atoms with van der Waals surface area (Å²) in [6, 6.07) is 0. The van der Waals surface area contributed by atoms with E-state index in [1.54, 1.807) is 33.8 Å². The fourth-order valence-corrected chi connectivity index (χ4v) is 13.3. The lowest BCUT2D eigenvalue weighted by Gasteiger charge is -2.66. The third-order valence-corrected chi connectivity index (χ3v) is 17.0. The average molecular weight is 943 g/mol. The normalized spacial score (nSPS) is 50.7. The Bertz CT molecular complexity index is 1770. The Morgan fingerprint density at radius 1 is 0.682 bits per heavy atom. The van der Waals surface area contributed by atoms with E-state index in [1.165, 1.54) is 28.1 Å². The lowest BCUT2D eigenvalue weighted by atomic mass is 9.41. The van der Waals surface area contributed by atoms with Crippen LogP contribution in [-0.4, -0.2) is 173 Å². The van der Waals surface area contributed by atoms with Crippen LogP contribution in [0.2, 0.25) is 0 Å². The summed E-state index contributed by atoms with van der Waals surface area (Å²) in [6.45, 7) is 13.6. The number of methoxy groups -OCH3 is 2. The van der Waals surface area contributed by atoms with Gasteiger partial charge in [0.25, 0.3) is 0 Å². The Morgan fingerprint density at radius 3 is 1.95 bits per heavy atom. The van der Waals surface area contributed by atoms with Gasteiger partial charge in [-0.2, -0.15) is 0 Å². The molecule has 4 aliphatic carbocycles. The minimum atomic E-state index is -1.66. The Hall–Kier alpha value is -2.21. The van der Waals surface area contributed by atoms with Crippen LogP contribution in [0.25, 0.3) is 0 Å². The first kappa shape index (κ1) is 51.6. The van der Waals surface area contributed by atoms with E-state index >= 15 is 0 Å². The topological polar surface area (TPSA) is 265 Å². The van der Waals surface area contributed by atoms with Crippen molar-refractivity contribution in [3.05, 3.63) is 11.6 Å². The van der Waals surface area contributed by atoms with Crippen molar-refractivity contribution in [3.8, 4) is 0 Å². The number of hydrogen-bond acceptors (Lipinski definition) is 19. The van der Waals surface area contributed by atoms with Crippen LogP contribution in [0.1, 0.15) is 107 Å².